The van der Waals surface area contributed by atoms with Crippen molar-refractivity contribution in [2.75, 3.05) is 17.2 Å². The fourth-order valence-electron chi connectivity index (χ4n) is 3.08. The third-order valence-electron chi connectivity index (χ3n) is 4.48. The first kappa shape index (κ1) is 18.4. The van der Waals surface area contributed by atoms with Crippen LogP contribution >= 0.6 is 0 Å². The highest BCUT2D eigenvalue weighted by atomic mass is 16.2. The third kappa shape index (κ3) is 4.84. The summed E-state index contributed by atoms with van der Waals surface area (Å²) in [4.78, 5) is 37.4. The van der Waals surface area contributed by atoms with Crippen molar-refractivity contribution in [1.82, 2.24) is 4.90 Å². The normalized spacial score (nSPS) is 16.3. The molecule has 4 amide bonds. The van der Waals surface area contributed by atoms with E-state index in [4.69, 9.17) is 5.73 Å². The van der Waals surface area contributed by atoms with Gasteiger partial charge in [0.15, 0.2) is 0 Å². The maximum Gasteiger partial charge on any atom is 0.316 e. The summed E-state index contributed by atoms with van der Waals surface area (Å²) in [5, 5.41) is 5.26. The number of carbonyl (C=O) groups is 3. The second-order valence-electron chi connectivity index (χ2n) is 6.72. The number of carbonyl (C=O) groups excluding carboxylic acids is 3. The molecule has 1 unspecified atom stereocenters. The van der Waals surface area contributed by atoms with E-state index in [0.717, 1.165) is 11.1 Å². The lowest BCUT2D eigenvalue weighted by molar-refractivity contribution is -0.128. The Morgan fingerprint density at radius 1 is 1.11 bits per heavy atom. The van der Waals surface area contributed by atoms with E-state index in [1.54, 1.807) is 29.2 Å². The largest absolute Gasteiger partial charge is 0.351 e. The molecule has 0 spiro atoms. The lowest BCUT2D eigenvalue weighted by Gasteiger charge is -2.17. The molecule has 0 bridgehead atoms. The molecule has 0 aromatic heterocycles. The average Bonchev–Trinajstić information content (AvgIpc) is 2.97. The molecule has 1 aliphatic rings. The molecule has 1 fully saturated rings. The highest BCUT2D eigenvalue weighted by Gasteiger charge is 2.34. The Morgan fingerprint density at radius 3 is 2.44 bits per heavy atom. The number of primary amides is 1. The van der Waals surface area contributed by atoms with Crippen molar-refractivity contribution in [3.05, 3.63) is 59.7 Å². The summed E-state index contributed by atoms with van der Waals surface area (Å²) in [6, 6.07) is 14.0. The summed E-state index contributed by atoms with van der Waals surface area (Å²) in [7, 11) is 0. The minimum Gasteiger partial charge on any atom is -0.351 e. The lowest BCUT2D eigenvalue weighted by atomic mass is 10.1. The van der Waals surface area contributed by atoms with E-state index in [-0.39, 0.29) is 18.2 Å². The van der Waals surface area contributed by atoms with Gasteiger partial charge in [0.2, 0.25) is 11.8 Å². The SMILES string of the molecule is Cc1ccc(CN2CC(C(=O)Nc3cccc(NC(N)=O)c3)CC2=O)cc1. The number of aryl methyl sites for hydroxylation is 1. The summed E-state index contributed by atoms with van der Waals surface area (Å²) in [5.41, 5.74) is 8.33. The Hall–Kier alpha value is -3.35. The van der Waals surface area contributed by atoms with Crippen molar-refractivity contribution in [3.63, 3.8) is 0 Å². The van der Waals surface area contributed by atoms with Crippen molar-refractivity contribution in [2.45, 2.75) is 19.9 Å². The molecule has 2 aromatic rings. The van der Waals surface area contributed by atoms with Crippen molar-refractivity contribution in [1.29, 1.82) is 0 Å². The number of nitrogens with zero attached hydrogens (tertiary/aromatic N) is 1. The Labute approximate surface area is 157 Å². The van der Waals surface area contributed by atoms with E-state index in [1.807, 2.05) is 31.2 Å². The van der Waals surface area contributed by atoms with Crippen LogP contribution in [0.15, 0.2) is 48.5 Å². The van der Waals surface area contributed by atoms with Gasteiger partial charge in [0, 0.05) is 30.9 Å². The van der Waals surface area contributed by atoms with Gasteiger partial charge in [-0.1, -0.05) is 35.9 Å². The van der Waals surface area contributed by atoms with Crippen LogP contribution in [0.3, 0.4) is 0 Å². The second kappa shape index (κ2) is 7.90. The van der Waals surface area contributed by atoms with Crippen LogP contribution in [0, 0.1) is 12.8 Å². The van der Waals surface area contributed by atoms with Gasteiger partial charge in [-0.15, -0.1) is 0 Å². The number of rotatable bonds is 5. The van der Waals surface area contributed by atoms with Crippen molar-refractivity contribution < 1.29 is 14.4 Å². The molecular weight excluding hydrogens is 344 g/mol. The highest BCUT2D eigenvalue weighted by Crippen LogP contribution is 2.23. The van der Waals surface area contributed by atoms with Gasteiger partial charge in [0.05, 0.1) is 5.92 Å². The van der Waals surface area contributed by atoms with Crippen LogP contribution in [0.25, 0.3) is 0 Å². The second-order valence-corrected chi connectivity index (χ2v) is 6.72. The number of likely N-dealkylation sites (tertiary alicyclic amines) is 1. The number of urea groups is 1. The van der Waals surface area contributed by atoms with Crippen LogP contribution in [0.4, 0.5) is 16.2 Å². The molecule has 27 heavy (non-hydrogen) atoms. The van der Waals surface area contributed by atoms with Gasteiger partial charge >= 0.3 is 6.03 Å². The van der Waals surface area contributed by atoms with E-state index < -0.39 is 11.9 Å². The number of anilines is 2. The number of hydrogen-bond acceptors (Lipinski definition) is 3. The van der Waals surface area contributed by atoms with Crippen LogP contribution in [0.5, 0.6) is 0 Å². The molecule has 0 aliphatic carbocycles. The summed E-state index contributed by atoms with van der Waals surface area (Å²) in [5.74, 6) is -0.651. The maximum atomic E-state index is 12.5. The van der Waals surface area contributed by atoms with Crippen LogP contribution in [-0.4, -0.2) is 29.3 Å². The highest BCUT2D eigenvalue weighted by molar-refractivity contribution is 5.98. The Bertz CT molecular complexity index is 864. The Kier molecular flexibility index (Phi) is 5.40. The quantitative estimate of drug-likeness (QED) is 0.757. The van der Waals surface area contributed by atoms with Gasteiger partial charge in [0.25, 0.3) is 0 Å². The molecule has 7 nitrogen and oxygen atoms in total. The zero-order chi connectivity index (χ0) is 19.4. The van der Waals surface area contributed by atoms with Gasteiger partial charge in [-0.05, 0) is 30.7 Å². The summed E-state index contributed by atoms with van der Waals surface area (Å²) in [6.45, 7) is 2.90. The first-order valence-corrected chi connectivity index (χ1v) is 8.71. The monoisotopic (exact) mass is 366 g/mol. The Morgan fingerprint density at radius 2 is 1.78 bits per heavy atom. The first-order valence-electron chi connectivity index (χ1n) is 8.71. The molecule has 140 valence electrons. The van der Waals surface area contributed by atoms with E-state index in [1.165, 1.54) is 0 Å². The van der Waals surface area contributed by atoms with Crippen LogP contribution in [-0.2, 0) is 16.1 Å². The fraction of sp³-hybridized carbons (Fsp3) is 0.250. The molecule has 1 aliphatic heterocycles. The average molecular weight is 366 g/mol. The predicted octanol–water partition coefficient (Wildman–Crippen LogP) is 2.47. The summed E-state index contributed by atoms with van der Waals surface area (Å²) in [6.07, 6.45) is 0.191. The van der Waals surface area contributed by atoms with Gasteiger partial charge in [-0.25, -0.2) is 4.79 Å². The first-order chi connectivity index (χ1) is 12.9. The van der Waals surface area contributed by atoms with E-state index in [0.29, 0.717) is 24.5 Å². The maximum absolute atomic E-state index is 12.5. The molecule has 1 saturated heterocycles. The zero-order valence-electron chi connectivity index (χ0n) is 15.1. The molecule has 3 rings (SSSR count). The third-order valence-corrected chi connectivity index (χ3v) is 4.48. The van der Waals surface area contributed by atoms with Gasteiger partial charge < -0.3 is 21.3 Å². The molecule has 1 heterocycles. The number of nitrogens with one attached hydrogen (secondary N) is 2. The smallest absolute Gasteiger partial charge is 0.316 e. The summed E-state index contributed by atoms with van der Waals surface area (Å²) < 4.78 is 0. The minimum absolute atomic E-state index is 0.0279. The van der Waals surface area contributed by atoms with Gasteiger partial charge in [-0.2, -0.15) is 0 Å². The van der Waals surface area contributed by atoms with Crippen LogP contribution in [0.2, 0.25) is 0 Å². The van der Waals surface area contributed by atoms with Crippen molar-refractivity contribution in [3.8, 4) is 0 Å². The molecule has 7 heteroatoms. The Balaban J connectivity index is 1.60. The zero-order valence-corrected chi connectivity index (χ0v) is 15.1. The molecule has 4 N–H and O–H groups in total. The van der Waals surface area contributed by atoms with Crippen molar-refractivity contribution >= 4 is 29.2 Å². The minimum atomic E-state index is -0.674. The van der Waals surface area contributed by atoms with Crippen LogP contribution in [0.1, 0.15) is 17.5 Å². The molecule has 0 radical (unpaired) electrons. The van der Waals surface area contributed by atoms with E-state index in [2.05, 4.69) is 10.6 Å². The molecule has 2 aromatic carbocycles. The molecule has 1 atom stereocenters. The number of hydrogen-bond donors (Lipinski definition) is 3. The van der Waals surface area contributed by atoms with E-state index in [9.17, 15) is 14.4 Å². The van der Waals surface area contributed by atoms with Gasteiger partial charge in [-0.3, -0.25) is 9.59 Å². The number of benzene rings is 2. The van der Waals surface area contributed by atoms with Crippen molar-refractivity contribution in [2.24, 2.45) is 11.7 Å². The fourth-order valence-corrected chi connectivity index (χ4v) is 3.08. The topological polar surface area (TPSA) is 105 Å². The van der Waals surface area contributed by atoms with Gasteiger partial charge in [0.1, 0.15) is 0 Å². The standard InChI is InChI=1S/C20H22N4O3/c1-13-5-7-14(8-6-13)11-24-12-15(9-18(24)25)19(26)22-16-3-2-4-17(10-16)23-20(21)27/h2-8,10,15H,9,11-12H2,1H3,(H,22,26)(H3,21,23,27). The number of nitrogens with two attached hydrogens (primary N) is 1. The summed E-state index contributed by atoms with van der Waals surface area (Å²) >= 11 is 0. The lowest BCUT2D eigenvalue weighted by Crippen LogP contribution is -2.28. The molecular formula is C20H22N4O3. The number of amides is 4. The van der Waals surface area contributed by atoms with E-state index >= 15 is 0 Å². The predicted molar refractivity (Wildman–Crippen MR) is 103 cm³/mol. The molecule has 0 saturated carbocycles. The van der Waals surface area contributed by atoms with Crippen LogP contribution < -0.4 is 16.4 Å².